The summed E-state index contributed by atoms with van der Waals surface area (Å²) >= 11 is 17.2. The molecule has 0 fully saturated rings. The van der Waals surface area contributed by atoms with Gasteiger partial charge in [0.25, 0.3) is 0 Å². The Kier molecular flexibility index (Phi) is 3.87. The van der Waals surface area contributed by atoms with Gasteiger partial charge in [0, 0.05) is 5.56 Å². The average Bonchev–Trinajstić information content (AvgIpc) is 2.04. The average molecular weight is 239 g/mol. The molecule has 0 amide bonds. The van der Waals surface area contributed by atoms with E-state index >= 15 is 0 Å². The van der Waals surface area contributed by atoms with E-state index in [4.69, 9.17) is 34.8 Å². The molecular formula is C9H8Cl3O. The molecule has 0 aliphatic carbocycles. The molecular weight excluding hydrogens is 230 g/mol. The zero-order valence-corrected chi connectivity index (χ0v) is 9.03. The van der Waals surface area contributed by atoms with Gasteiger partial charge in [-0.1, -0.05) is 59.1 Å². The molecule has 0 unspecified atom stereocenters. The molecule has 0 saturated heterocycles. The van der Waals surface area contributed by atoms with Crippen molar-refractivity contribution in [3.8, 4) is 0 Å². The van der Waals surface area contributed by atoms with E-state index in [2.05, 4.69) is 0 Å². The minimum atomic E-state index is -1.44. The molecule has 13 heavy (non-hydrogen) atoms. The topological polar surface area (TPSA) is 19.9 Å². The standard InChI is InChI=1S/C9H8Cl3O/c10-9(11,12)8-4-2-1-3-7(8)5-6-13/h1-4H,5-6H2. The molecule has 71 valence electrons. The molecule has 0 saturated carbocycles. The fraction of sp³-hybridized carbons (Fsp3) is 0.333. The van der Waals surface area contributed by atoms with Crippen LogP contribution in [-0.2, 0) is 15.3 Å². The van der Waals surface area contributed by atoms with Gasteiger partial charge in [0.2, 0.25) is 3.79 Å². The van der Waals surface area contributed by atoms with E-state index in [1.807, 2.05) is 6.07 Å². The molecule has 0 aromatic heterocycles. The highest BCUT2D eigenvalue weighted by Gasteiger charge is 2.25. The summed E-state index contributed by atoms with van der Waals surface area (Å²) in [5.74, 6) is 0. The SMILES string of the molecule is [O]CCc1ccccc1C(Cl)(Cl)Cl. The largest absolute Gasteiger partial charge is 0.236 e. The van der Waals surface area contributed by atoms with Crippen molar-refractivity contribution in [2.45, 2.75) is 10.2 Å². The van der Waals surface area contributed by atoms with Gasteiger partial charge in [-0.25, -0.2) is 5.11 Å². The van der Waals surface area contributed by atoms with Crippen LogP contribution in [0.4, 0.5) is 0 Å². The Bertz CT molecular complexity index is 280. The number of rotatable bonds is 2. The van der Waals surface area contributed by atoms with E-state index in [0.717, 1.165) is 5.56 Å². The summed E-state index contributed by atoms with van der Waals surface area (Å²) in [6.45, 7) is -0.197. The minimum absolute atomic E-state index is 0.197. The molecule has 0 bridgehead atoms. The summed E-state index contributed by atoms with van der Waals surface area (Å²) in [5.41, 5.74) is 1.40. The van der Waals surface area contributed by atoms with Crippen molar-refractivity contribution >= 4 is 34.8 Å². The highest BCUT2D eigenvalue weighted by Crippen LogP contribution is 2.39. The molecule has 0 spiro atoms. The Balaban J connectivity index is 3.05. The van der Waals surface area contributed by atoms with Gasteiger partial charge < -0.3 is 0 Å². The van der Waals surface area contributed by atoms with Gasteiger partial charge in [-0.2, -0.15) is 0 Å². The first-order chi connectivity index (χ1) is 6.05. The second kappa shape index (κ2) is 4.52. The maximum atomic E-state index is 10.4. The summed E-state index contributed by atoms with van der Waals surface area (Å²) in [6, 6.07) is 7.13. The number of hydrogen-bond acceptors (Lipinski definition) is 0. The van der Waals surface area contributed by atoms with Crippen molar-refractivity contribution in [2.75, 3.05) is 6.61 Å². The minimum Gasteiger partial charge on any atom is -0.236 e. The lowest BCUT2D eigenvalue weighted by Gasteiger charge is -2.15. The van der Waals surface area contributed by atoms with Crippen LogP contribution in [0.25, 0.3) is 0 Å². The molecule has 0 N–H and O–H groups in total. The molecule has 1 nitrogen and oxygen atoms in total. The second-order valence-electron chi connectivity index (χ2n) is 2.61. The molecule has 1 rings (SSSR count). The Labute approximate surface area is 92.2 Å². The van der Waals surface area contributed by atoms with Gasteiger partial charge in [-0.15, -0.1) is 0 Å². The highest BCUT2D eigenvalue weighted by molar-refractivity contribution is 6.66. The van der Waals surface area contributed by atoms with Crippen molar-refractivity contribution in [2.24, 2.45) is 0 Å². The van der Waals surface area contributed by atoms with Crippen LogP contribution in [-0.4, -0.2) is 6.61 Å². The summed E-state index contributed by atoms with van der Waals surface area (Å²) < 4.78 is -1.44. The Morgan fingerprint density at radius 2 is 1.77 bits per heavy atom. The first-order valence-corrected chi connectivity index (χ1v) is 4.92. The Morgan fingerprint density at radius 3 is 2.31 bits per heavy atom. The van der Waals surface area contributed by atoms with Crippen LogP contribution in [0.3, 0.4) is 0 Å². The van der Waals surface area contributed by atoms with E-state index in [0.29, 0.717) is 12.0 Å². The van der Waals surface area contributed by atoms with Gasteiger partial charge in [-0.3, -0.25) is 0 Å². The zero-order valence-electron chi connectivity index (χ0n) is 6.77. The lowest BCUT2D eigenvalue weighted by molar-refractivity contribution is 0.197. The van der Waals surface area contributed by atoms with Gasteiger partial charge in [0.05, 0.1) is 6.61 Å². The first-order valence-electron chi connectivity index (χ1n) is 3.79. The van der Waals surface area contributed by atoms with E-state index in [-0.39, 0.29) is 6.61 Å². The fourth-order valence-electron chi connectivity index (χ4n) is 1.12. The van der Waals surface area contributed by atoms with Crippen molar-refractivity contribution in [3.63, 3.8) is 0 Å². The van der Waals surface area contributed by atoms with Crippen LogP contribution >= 0.6 is 34.8 Å². The quantitative estimate of drug-likeness (QED) is 0.703. The maximum absolute atomic E-state index is 10.4. The second-order valence-corrected chi connectivity index (χ2v) is 4.89. The number of hydrogen-bond donors (Lipinski definition) is 0. The van der Waals surface area contributed by atoms with E-state index in [9.17, 15) is 5.11 Å². The number of alkyl halides is 3. The summed E-state index contributed by atoms with van der Waals surface area (Å²) in [4.78, 5) is 0. The summed E-state index contributed by atoms with van der Waals surface area (Å²) in [6.07, 6.45) is 0.393. The third-order valence-electron chi connectivity index (χ3n) is 1.69. The zero-order chi connectivity index (χ0) is 9.90. The molecule has 0 aliphatic rings. The molecule has 1 radical (unpaired) electrons. The number of benzene rings is 1. The third kappa shape index (κ3) is 3.03. The van der Waals surface area contributed by atoms with E-state index in [1.165, 1.54) is 0 Å². The molecule has 0 aliphatic heterocycles. The third-order valence-corrected chi connectivity index (χ3v) is 2.30. The molecule has 0 atom stereocenters. The maximum Gasteiger partial charge on any atom is 0.216 e. The predicted molar refractivity (Wildman–Crippen MR) is 54.9 cm³/mol. The van der Waals surface area contributed by atoms with Crippen LogP contribution in [0.15, 0.2) is 24.3 Å². The van der Waals surface area contributed by atoms with Crippen LogP contribution < -0.4 is 0 Å². The van der Waals surface area contributed by atoms with Gasteiger partial charge in [-0.05, 0) is 12.0 Å². The molecule has 0 heterocycles. The fourth-order valence-corrected chi connectivity index (χ4v) is 1.68. The Morgan fingerprint density at radius 1 is 1.15 bits per heavy atom. The smallest absolute Gasteiger partial charge is 0.216 e. The van der Waals surface area contributed by atoms with Gasteiger partial charge in [0.1, 0.15) is 0 Å². The van der Waals surface area contributed by atoms with E-state index in [1.54, 1.807) is 18.2 Å². The van der Waals surface area contributed by atoms with Crippen molar-refractivity contribution in [3.05, 3.63) is 35.4 Å². The summed E-state index contributed by atoms with van der Waals surface area (Å²) in [5, 5.41) is 10.4. The number of halogens is 3. The van der Waals surface area contributed by atoms with Crippen molar-refractivity contribution in [1.82, 2.24) is 0 Å². The normalized spacial score (nSPS) is 11.7. The summed E-state index contributed by atoms with van der Waals surface area (Å²) in [7, 11) is 0. The van der Waals surface area contributed by atoms with E-state index < -0.39 is 3.79 Å². The molecule has 1 aromatic rings. The Hall–Kier alpha value is 0.0500. The first kappa shape index (κ1) is 11.1. The van der Waals surface area contributed by atoms with Crippen LogP contribution in [0, 0.1) is 0 Å². The van der Waals surface area contributed by atoms with Crippen molar-refractivity contribution in [1.29, 1.82) is 0 Å². The van der Waals surface area contributed by atoms with Gasteiger partial charge in [0.15, 0.2) is 0 Å². The molecule has 1 aromatic carbocycles. The van der Waals surface area contributed by atoms with Crippen LogP contribution in [0.2, 0.25) is 0 Å². The van der Waals surface area contributed by atoms with Crippen LogP contribution in [0.5, 0.6) is 0 Å². The van der Waals surface area contributed by atoms with Crippen LogP contribution in [0.1, 0.15) is 11.1 Å². The van der Waals surface area contributed by atoms with Gasteiger partial charge >= 0.3 is 0 Å². The highest BCUT2D eigenvalue weighted by atomic mass is 35.6. The monoisotopic (exact) mass is 237 g/mol. The lowest BCUT2D eigenvalue weighted by atomic mass is 10.1. The lowest BCUT2D eigenvalue weighted by Crippen LogP contribution is -2.06. The molecule has 4 heteroatoms. The predicted octanol–water partition coefficient (Wildman–Crippen LogP) is 3.49. The van der Waals surface area contributed by atoms with Crippen molar-refractivity contribution < 1.29 is 5.11 Å².